The molecule has 4 heterocycles. The highest BCUT2D eigenvalue weighted by molar-refractivity contribution is 5.93. The number of carbonyl (C=O) groups excluding carboxylic acids is 1. The standard InChI is InChI=1S/C22H25N5O3/c1-14-8-18(19(11-24-14)30-13-22(29)5-6-23-12-22)16-4-7-27-17(9-16)10-20(26-27)25-21(28)15-2-3-15/h4,7-11,15,23,29H,2-3,5-6,12-13H2,1H3,(H,25,26,28)/t22-/m1/s1. The molecule has 2 fully saturated rings. The molecule has 0 radical (unpaired) electrons. The molecule has 0 aromatic carbocycles. The molecular formula is C22H25N5O3. The first-order valence-corrected chi connectivity index (χ1v) is 10.3. The number of nitrogens with zero attached hydrogens (tertiary/aromatic N) is 3. The molecule has 156 valence electrons. The maximum absolute atomic E-state index is 12.0. The van der Waals surface area contributed by atoms with Gasteiger partial charge in [0.05, 0.1) is 11.7 Å². The number of carbonyl (C=O) groups is 1. The second-order valence-electron chi connectivity index (χ2n) is 8.34. The lowest BCUT2D eigenvalue weighted by Gasteiger charge is -2.22. The predicted molar refractivity (Wildman–Crippen MR) is 112 cm³/mol. The monoisotopic (exact) mass is 407 g/mol. The van der Waals surface area contributed by atoms with E-state index in [-0.39, 0.29) is 18.4 Å². The van der Waals surface area contributed by atoms with E-state index in [1.807, 2.05) is 37.4 Å². The van der Waals surface area contributed by atoms with E-state index in [2.05, 4.69) is 20.7 Å². The molecule has 3 aromatic heterocycles. The maximum atomic E-state index is 12.0. The Morgan fingerprint density at radius 1 is 1.40 bits per heavy atom. The van der Waals surface area contributed by atoms with Gasteiger partial charge in [-0.3, -0.25) is 9.78 Å². The van der Waals surface area contributed by atoms with E-state index in [0.717, 1.165) is 41.7 Å². The Morgan fingerprint density at radius 3 is 3.03 bits per heavy atom. The number of rotatable bonds is 6. The van der Waals surface area contributed by atoms with Crippen LogP contribution >= 0.6 is 0 Å². The highest BCUT2D eigenvalue weighted by Gasteiger charge is 2.32. The number of aliphatic hydroxyl groups is 1. The average molecular weight is 407 g/mol. The molecule has 8 heteroatoms. The van der Waals surface area contributed by atoms with Gasteiger partial charge in [-0.15, -0.1) is 0 Å². The molecule has 3 N–H and O–H groups in total. The Labute approximate surface area is 174 Å². The van der Waals surface area contributed by atoms with Crippen LogP contribution in [-0.4, -0.2) is 50.9 Å². The lowest BCUT2D eigenvalue weighted by Crippen LogP contribution is -2.38. The van der Waals surface area contributed by atoms with E-state index in [1.165, 1.54) is 0 Å². The molecule has 30 heavy (non-hydrogen) atoms. The zero-order valence-electron chi connectivity index (χ0n) is 16.9. The summed E-state index contributed by atoms with van der Waals surface area (Å²) in [4.78, 5) is 16.4. The largest absolute Gasteiger partial charge is 0.488 e. The van der Waals surface area contributed by atoms with Crippen LogP contribution < -0.4 is 15.4 Å². The number of nitrogens with one attached hydrogen (secondary N) is 2. The average Bonchev–Trinajstić information content (AvgIpc) is 3.38. The van der Waals surface area contributed by atoms with Gasteiger partial charge in [0.1, 0.15) is 18.0 Å². The number of hydrogen-bond donors (Lipinski definition) is 3. The first-order chi connectivity index (χ1) is 14.5. The highest BCUT2D eigenvalue weighted by Crippen LogP contribution is 2.33. The van der Waals surface area contributed by atoms with Gasteiger partial charge in [-0.25, -0.2) is 4.52 Å². The molecule has 1 saturated carbocycles. The van der Waals surface area contributed by atoms with Gasteiger partial charge in [-0.1, -0.05) is 0 Å². The lowest BCUT2D eigenvalue weighted by molar-refractivity contribution is -0.117. The van der Waals surface area contributed by atoms with Crippen molar-refractivity contribution >= 4 is 17.2 Å². The third kappa shape index (κ3) is 3.88. The minimum absolute atomic E-state index is 0.0402. The van der Waals surface area contributed by atoms with Gasteiger partial charge in [0.15, 0.2) is 5.82 Å². The second-order valence-corrected chi connectivity index (χ2v) is 8.34. The Bertz CT molecular complexity index is 1100. The van der Waals surface area contributed by atoms with Crippen LogP contribution in [0.2, 0.25) is 0 Å². The lowest BCUT2D eigenvalue weighted by atomic mass is 10.0. The van der Waals surface area contributed by atoms with Crippen LogP contribution in [0.3, 0.4) is 0 Å². The van der Waals surface area contributed by atoms with Crippen molar-refractivity contribution in [3.05, 3.63) is 42.4 Å². The zero-order chi connectivity index (χ0) is 20.7. The Balaban J connectivity index is 1.42. The third-order valence-corrected chi connectivity index (χ3v) is 5.70. The van der Waals surface area contributed by atoms with Crippen molar-refractivity contribution in [1.29, 1.82) is 0 Å². The Kier molecular flexibility index (Phi) is 4.67. The first kappa shape index (κ1) is 19.0. The minimum Gasteiger partial charge on any atom is -0.488 e. The molecule has 1 aliphatic carbocycles. The number of fused-ring (bicyclic) bond motifs is 1. The Hall–Kier alpha value is -2.97. The van der Waals surface area contributed by atoms with E-state index < -0.39 is 5.60 Å². The van der Waals surface area contributed by atoms with Gasteiger partial charge >= 0.3 is 0 Å². The predicted octanol–water partition coefficient (Wildman–Crippen LogP) is 2.16. The van der Waals surface area contributed by atoms with E-state index in [9.17, 15) is 9.90 Å². The summed E-state index contributed by atoms with van der Waals surface area (Å²) in [6.07, 6.45) is 6.15. The van der Waals surface area contributed by atoms with Crippen LogP contribution in [0.25, 0.3) is 16.6 Å². The molecule has 0 spiro atoms. The van der Waals surface area contributed by atoms with Crippen molar-refractivity contribution in [3.63, 3.8) is 0 Å². The van der Waals surface area contributed by atoms with Crippen molar-refractivity contribution in [2.45, 2.75) is 31.8 Å². The van der Waals surface area contributed by atoms with Crippen molar-refractivity contribution in [2.75, 3.05) is 25.0 Å². The fraction of sp³-hybridized carbons (Fsp3) is 0.409. The van der Waals surface area contributed by atoms with E-state index in [1.54, 1.807) is 10.7 Å². The van der Waals surface area contributed by atoms with Crippen molar-refractivity contribution < 1.29 is 14.6 Å². The molecule has 1 amide bonds. The number of hydrogen-bond acceptors (Lipinski definition) is 6. The summed E-state index contributed by atoms with van der Waals surface area (Å²) in [5.74, 6) is 1.36. The van der Waals surface area contributed by atoms with Crippen LogP contribution in [0, 0.1) is 12.8 Å². The van der Waals surface area contributed by atoms with E-state index in [0.29, 0.717) is 24.5 Å². The van der Waals surface area contributed by atoms with Crippen molar-refractivity contribution in [2.24, 2.45) is 5.92 Å². The number of anilines is 1. The van der Waals surface area contributed by atoms with Gasteiger partial charge in [0.2, 0.25) is 5.91 Å². The van der Waals surface area contributed by atoms with Gasteiger partial charge < -0.3 is 20.5 Å². The number of ether oxygens (including phenoxy) is 1. The van der Waals surface area contributed by atoms with E-state index in [4.69, 9.17) is 4.74 Å². The first-order valence-electron chi connectivity index (χ1n) is 10.3. The summed E-state index contributed by atoms with van der Waals surface area (Å²) in [5.41, 5.74) is 2.76. The number of pyridine rings is 2. The summed E-state index contributed by atoms with van der Waals surface area (Å²) in [5, 5.41) is 21.1. The second kappa shape index (κ2) is 7.37. The quantitative estimate of drug-likeness (QED) is 0.579. The van der Waals surface area contributed by atoms with Gasteiger partial charge in [-0.05, 0) is 56.5 Å². The molecule has 2 aliphatic rings. The molecule has 3 aromatic rings. The molecule has 0 bridgehead atoms. The fourth-order valence-corrected chi connectivity index (χ4v) is 3.75. The summed E-state index contributed by atoms with van der Waals surface area (Å²) in [6.45, 7) is 3.46. The zero-order valence-corrected chi connectivity index (χ0v) is 16.9. The number of amides is 1. The van der Waals surface area contributed by atoms with Crippen LogP contribution in [-0.2, 0) is 4.79 Å². The summed E-state index contributed by atoms with van der Waals surface area (Å²) >= 11 is 0. The van der Waals surface area contributed by atoms with Crippen LogP contribution in [0.1, 0.15) is 25.0 Å². The normalized spacial score (nSPS) is 21.1. The molecule has 1 aliphatic heterocycles. The summed E-state index contributed by atoms with van der Waals surface area (Å²) in [6, 6.07) is 7.81. The molecule has 5 rings (SSSR count). The molecule has 8 nitrogen and oxygen atoms in total. The number of β-amino-alcohol motifs (C(OH)–C–C–N with tert-alkyl or cyclic N) is 1. The maximum Gasteiger partial charge on any atom is 0.228 e. The fourth-order valence-electron chi connectivity index (χ4n) is 3.75. The van der Waals surface area contributed by atoms with Gasteiger partial charge in [-0.2, -0.15) is 5.10 Å². The Morgan fingerprint density at radius 2 is 2.27 bits per heavy atom. The SMILES string of the molecule is Cc1cc(-c2ccn3nc(NC(=O)C4CC4)cc3c2)c(OC[C@@]2(O)CCNC2)cn1. The van der Waals surface area contributed by atoms with Gasteiger partial charge in [0.25, 0.3) is 0 Å². The highest BCUT2D eigenvalue weighted by atomic mass is 16.5. The third-order valence-electron chi connectivity index (χ3n) is 5.70. The summed E-state index contributed by atoms with van der Waals surface area (Å²) in [7, 11) is 0. The number of aryl methyl sites for hydroxylation is 1. The summed E-state index contributed by atoms with van der Waals surface area (Å²) < 4.78 is 7.75. The van der Waals surface area contributed by atoms with Crippen molar-refractivity contribution in [1.82, 2.24) is 19.9 Å². The number of aromatic nitrogens is 3. The van der Waals surface area contributed by atoms with E-state index >= 15 is 0 Å². The van der Waals surface area contributed by atoms with Crippen LogP contribution in [0.4, 0.5) is 5.82 Å². The molecule has 1 saturated heterocycles. The molecule has 0 unspecified atom stereocenters. The topological polar surface area (TPSA) is 101 Å². The smallest absolute Gasteiger partial charge is 0.228 e. The molecular weight excluding hydrogens is 382 g/mol. The minimum atomic E-state index is -0.855. The van der Waals surface area contributed by atoms with Crippen LogP contribution in [0.15, 0.2) is 36.7 Å². The van der Waals surface area contributed by atoms with Crippen molar-refractivity contribution in [3.8, 4) is 16.9 Å². The van der Waals surface area contributed by atoms with Gasteiger partial charge in [0, 0.05) is 36.0 Å². The molecule has 1 atom stereocenters. The van der Waals surface area contributed by atoms with Crippen LogP contribution in [0.5, 0.6) is 5.75 Å².